The molecule has 2 aromatic heterocycles. The zero-order valence-corrected chi connectivity index (χ0v) is 19.7. The van der Waals surface area contributed by atoms with Crippen molar-refractivity contribution < 1.29 is 9.53 Å². The maximum atomic E-state index is 12.6. The molecule has 1 amide bonds. The van der Waals surface area contributed by atoms with E-state index >= 15 is 0 Å². The number of imidazole rings is 1. The molecule has 0 radical (unpaired) electrons. The minimum Gasteiger partial charge on any atom is -0.497 e. The molecule has 0 fully saturated rings. The molecular formula is C24H23N5O4S. The van der Waals surface area contributed by atoms with Crippen LogP contribution < -0.4 is 21.3 Å². The number of nitrogens with zero attached hydrogens (tertiary/aromatic N) is 4. The summed E-state index contributed by atoms with van der Waals surface area (Å²) < 4.78 is 9.35. The van der Waals surface area contributed by atoms with Gasteiger partial charge in [0.25, 0.3) is 5.56 Å². The average Bonchev–Trinajstić information content (AvgIpc) is 3.29. The summed E-state index contributed by atoms with van der Waals surface area (Å²) in [5, 5.41) is 3.26. The molecule has 174 valence electrons. The van der Waals surface area contributed by atoms with E-state index in [1.165, 1.54) is 36.5 Å². The molecule has 4 rings (SSSR count). The van der Waals surface area contributed by atoms with Gasteiger partial charge in [0.05, 0.1) is 18.6 Å². The molecule has 2 heterocycles. The summed E-state index contributed by atoms with van der Waals surface area (Å²) in [5.41, 5.74) is 1.59. The number of methoxy groups -OCH3 is 1. The van der Waals surface area contributed by atoms with Crippen LogP contribution in [-0.2, 0) is 18.9 Å². The fourth-order valence-corrected chi connectivity index (χ4v) is 4.10. The summed E-state index contributed by atoms with van der Waals surface area (Å²) in [6.07, 6.45) is 1.92. The van der Waals surface area contributed by atoms with Gasteiger partial charge in [-0.1, -0.05) is 42.1 Å². The molecule has 34 heavy (non-hydrogen) atoms. The molecule has 10 heteroatoms. The zero-order valence-electron chi connectivity index (χ0n) is 18.9. The van der Waals surface area contributed by atoms with E-state index in [9.17, 15) is 14.4 Å². The van der Waals surface area contributed by atoms with Crippen molar-refractivity contribution in [2.75, 3.05) is 18.2 Å². The van der Waals surface area contributed by atoms with Crippen LogP contribution in [0.2, 0.25) is 0 Å². The van der Waals surface area contributed by atoms with Gasteiger partial charge in [-0.25, -0.2) is 9.78 Å². The Morgan fingerprint density at radius 1 is 1.03 bits per heavy atom. The smallest absolute Gasteiger partial charge is 0.332 e. The average molecular weight is 478 g/mol. The van der Waals surface area contributed by atoms with Gasteiger partial charge in [-0.15, -0.1) is 0 Å². The predicted molar refractivity (Wildman–Crippen MR) is 132 cm³/mol. The Morgan fingerprint density at radius 3 is 2.41 bits per heavy atom. The summed E-state index contributed by atoms with van der Waals surface area (Å²) in [5.74, 6) is 0.548. The van der Waals surface area contributed by atoms with Crippen LogP contribution in [0.4, 0.5) is 5.82 Å². The molecule has 0 spiro atoms. The highest BCUT2D eigenvalue weighted by atomic mass is 32.2. The highest BCUT2D eigenvalue weighted by Gasteiger charge is 2.15. The number of ether oxygens (including phenoxy) is 1. The zero-order chi connectivity index (χ0) is 24.2. The maximum Gasteiger partial charge on any atom is 0.332 e. The maximum absolute atomic E-state index is 12.6. The lowest BCUT2D eigenvalue weighted by atomic mass is 10.2. The molecule has 0 bridgehead atoms. The SMILES string of the molecule is COc1ccc(-n2cc(-c3ccccc3)nc2SCC(=O)Nc2cc(=O)n(C)c(=O)n2C)cc1. The van der Waals surface area contributed by atoms with Gasteiger partial charge in [0.1, 0.15) is 11.6 Å². The number of nitrogens with one attached hydrogen (secondary N) is 1. The number of hydrogen-bond donors (Lipinski definition) is 1. The molecule has 0 saturated carbocycles. The first-order valence-electron chi connectivity index (χ1n) is 10.4. The lowest BCUT2D eigenvalue weighted by molar-refractivity contribution is -0.113. The van der Waals surface area contributed by atoms with Crippen LogP contribution in [-0.4, -0.2) is 37.5 Å². The van der Waals surface area contributed by atoms with E-state index in [-0.39, 0.29) is 17.5 Å². The van der Waals surface area contributed by atoms with Crippen molar-refractivity contribution in [1.29, 1.82) is 0 Å². The van der Waals surface area contributed by atoms with E-state index in [0.29, 0.717) is 5.16 Å². The van der Waals surface area contributed by atoms with E-state index in [2.05, 4.69) is 5.32 Å². The number of aromatic nitrogens is 4. The number of benzene rings is 2. The van der Waals surface area contributed by atoms with Crippen molar-refractivity contribution >= 4 is 23.5 Å². The highest BCUT2D eigenvalue weighted by Crippen LogP contribution is 2.28. The fraction of sp³-hybridized carbons (Fsp3) is 0.167. The third kappa shape index (κ3) is 4.81. The van der Waals surface area contributed by atoms with Gasteiger partial charge < -0.3 is 10.1 Å². The molecule has 4 aromatic rings. The van der Waals surface area contributed by atoms with Gasteiger partial charge in [0.15, 0.2) is 5.16 Å². The van der Waals surface area contributed by atoms with Crippen LogP contribution in [0.15, 0.2) is 81.6 Å². The van der Waals surface area contributed by atoms with Gasteiger partial charge in [0, 0.05) is 37.6 Å². The molecule has 0 aliphatic rings. The van der Waals surface area contributed by atoms with E-state index in [1.807, 2.05) is 65.4 Å². The normalized spacial score (nSPS) is 10.8. The summed E-state index contributed by atoms with van der Waals surface area (Å²) in [6, 6.07) is 18.5. The van der Waals surface area contributed by atoms with Crippen molar-refractivity contribution in [2.24, 2.45) is 14.1 Å². The van der Waals surface area contributed by atoms with Crippen molar-refractivity contribution in [3.05, 3.63) is 87.7 Å². The minimum atomic E-state index is -0.516. The van der Waals surface area contributed by atoms with Crippen LogP contribution in [0, 0.1) is 0 Å². The van der Waals surface area contributed by atoms with Crippen LogP contribution in [0.5, 0.6) is 5.75 Å². The van der Waals surface area contributed by atoms with Crippen molar-refractivity contribution in [2.45, 2.75) is 5.16 Å². The minimum absolute atomic E-state index is 0.0325. The Kier molecular flexibility index (Phi) is 6.69. The second kappa shape index (κ2) is 9.84. The Labute approximate surface area is 199 Å². The van der Waals surface area contributed by atoms with Crippen LogP contribution in [0.25, 0.3) is 16.9 Å². The predicted octanol–water partition coefficient (Wildman–Crippen LogP) is 2.68. The van der Waals surface area contributed by atoms with E-state index in [4.69, 9.17) is 9.72 Å². The Balaban J connectivity index is 1.59. The molecule has 0 saturated heterocycles. The summed E-state index contributed by atoms with van der Waals surface area (Å²) >= 11 is 1.25. The molecular weight excluding hydrogens is 454 g/mol. The van der Waals surface area contributed by atoms with Crippen LogP contribution in [0.1, 0.15) is 0 Å². The number of thioether (sulfide) groups is 1. The van der Waals surface area contributed by atoms with Gasteiger partial charge in [0.2, 0.25) is 5.91 Å². The molecule has 0 unspecified atom stereocenters. The second-order valence-corrected chi connectivity index (χ2v) is 8.39. The Bertz CT molecular complexity index is 1440. The quantitative estimate of drug-likeness (QED) is 0.411. The third-order valence-electron chi connectivity index (χ3n) is 5.22. The van der Waals surface area contributed by atoms with Crippen LogP contribution in [0.3, 0.4) is 0 Å². The second-order valence-electron chi connectivity index (χ2n) is 7.45. The molecule has 0 aliphatic heterocycles. The van der Waals surface area contributed by atoms with E-state index in [1.54, 1.807) is 7.11 Å². The first kappa shape index (κ1) is 23.1. The van der Waals surface area contributed by atoms with Crippen molar-refractivity contribution in [1.82, 2.24) is 18.7 Å². The van der Waals surface area contributed by atoms with Gasteiger partial charge in [-0.3, -0.25) is 23.3 Å². The van der Waals surface area contributed by atoms with Gasteiger partial charge >= 0.3 is 5.69 Å². The lowest BCUT2D eigenvalue weighted by Gasteiger charge is -2.11. The monoisotopic (exact) mass is 477 g/mol. The number of hydrogen-bond acceptors (Lipinski definition) is 6. The topological polar surface area (TPSA) is 100 Å². The number of amides is 1. The first-order valence-corrected chi connectivity index (χ1v) is 11.3. The van der Waals surface area contributed by atoms with E-state index < -0.39 is 11.2 Å². The van der Waals surface area contributed by atoms with Crippen molar-refractivity contribution in [3.63, 3.8) is 0 Å². The molecule has 0 aliphatic carbocycles. The molecule has 1 N–H and O–H groups in total. The molecule has 9 nitrogen and oxygen atoms in total. The Hall–Kier alpha value is -4.05. The third-order valence-corrected chi connectivity index (χ3v) is 6.17. The summed E-state index contributed by atoms with van der Waals surface area (Å²) in [7, 11) is 4.49. The van der Waals surface area contributed by atoms with Crippen molar-refractivity contribution in [3.8, 4) is 22.7 Å². The molecule has 0 atom stereocenters. The number of carbonyl (C=O) groups excluding carboxylic acids is 1. The summed E-state index contributed by atoms with van der Waals surface area (Å²) in [4.78, 5) is 41.4. The molecule has 2 aromatic carbocycles. The van der Waals surface area contributed by atoms with Crippen LogP contribution >= 0.6 is 11.8 Å². The first-order chi connectivity index (χ1) is 16.4. The lowest BCUT2D eigenvalue weighted by Crippen LogP contribution is -2.38. The fourth-order valence-electron chi connectivity index (χ4n) is 3.30. The number of anilines is 1. The Morgan fingerprint density at radius 2 is 1.74 bits per heavy atom. The number of carbonyl (C=O) groups is 1. The van der Waals surface area contributed by atoms with Gasteiger partial charge in [-0.05, 0) is 24.3 Å². The summed E-state index contributed by atoms with van der Waals surface area (Å²) in [6.45, 7) is 0. The number of rotatable bonds is 7. The van der Waals surface area contributed by atoms with E-state index in [0.717, 1.165) is 27.3 Å². The standard InChI is InChI=1S/C24H23N5O4S/c1-27-20(13-22(31)28(2)24(27)32)26-21(30)15-34-23-25-19(16-7-5-4-6-8-16)14-29(23)17-9-11-18(33-3)12-10-17/h4-14H,15H2,1-3H3,(H,26,30). The largest absolute Gasteiger partial charge is 0.497 e. The van der Waals surface area contributed by atoms with Gasteiger partial charge in [-0.2, -0.15) is 0 Å². The highest BCUT2D eigenvalue weighted by molar-refractivity contribution is 7.99.